The van der Waals surface area contributed by atoms with Crippen LogP contribution in [0, 0.1) is 6.92 Å². The predicted molar refractivity (Wildman–Crippen MR) is 75.9 cm³/mol. The van der Waals surface area contributed by atoms with Gasteiger partial charge in [0.25, 0.3) is 11.1 Å². The van der Waals surface area contributed by atoms with Crippen molar-refractivity contribution in [2.75, 3.05) is 13.7 Å². The fourth-order valence-corrected chi connectivity index (χ4v) is 2.48. The van der Waals surface area contributed by atoms with Gasteiger partial charge in [-0.15, -0.1) is 0 Å². The molecular formula is C14H13NO4S. The van der Waals surface area contributed by atoms with Crippen molar-refractivity contribution >= 4 is 35.0 Å². The third-order valence-corrected chi connectivity index (χ3v) is 3.67. The van der Waals surface area contributed by atoms with Crippen molar-refractivity contribution in [1.82, 2.24) is 4.90 Å². The molecule has 1 aromatic carbocycles. The molecule has 1 heterocycles. The van der Waals surface area contributed by atoms with E-state index in [0.29, 0.717) is 4.91 Å². The molecule has 0 bridgehead atoms. The van der Waals surface area contributed by atoms with Gasteiger partial charge in [0.1, 0.15) is 6.54 Å². The molecule has 2 rings (SSSR count). The maximum Gasteiger partial charge on any atom is 0.325 e. The maximum atomic E-state index is 12.0. The number of rotatable bonds is 3. The standard InChI is InChI=1S/C14H13NO4S/c1-9-3-5-10(6-4-9)7-11-13(17)15(14(18)20-11)8-12(16)19-2/h3-7H,8H2,1-2H3. The molecule has 0 saturated carbocycles. The van der Waals surface area contributed by atoms with E-state index in [1.54, 1.807) is 6.08 Å². The van der Waals surface area contributed by atoms with Crippen LogP contribution in [0.3, 0.4) is 0 Å². The van der Waals surface area contributed by atoms with Crippen LogP contribution in [0.25, 0.3) is 6.08 Å². The number of aryl methyl sites for hydroxylation is 1. The molecule has 0 spiro atoms. The van der Waals surface area contributed by atoms with Crippen LogP contribution < -0.4 is 0 Å². The molecular weight excluding hydrogens is 278 g/mol. The summed E-state index contributed by atoms with van der Waals surface area (Å²) in [5, 5.41) is -0.459. The number of hydrogen-bond donors (Lipinski definition) is 0. The predicted octanol–water partition coefficient (Wildman–Crippen LogP) is 2.20. The Labute approximate surface area is 120 Å². The van der Waals surface area contributed by atoms with Crippen LogP contribution in [-0.2, 0) is 14.3 Å². The first-order chi connectivity index (χ1) is 9.51. The molecule has 0 aromatic heterocycles. The molecule has 104 valence electrons. The fraction of sp³-hybridized carbons (Fsp3) is 0.214. The van der Waals surface area contributed by atoms with Gasteiger partial charge in [-0.2, -0.15) is 0 Å². The van der Waals surface area contributed by atoms with Crippen molar-refractivity contribution in [1.29, 1.82) is 0 Å². The highest BCUT2D eigenvalue weighted by Gasteiger charge is 2.36. The number of methoxy groups -OCH3 is 1. The highest BCUT2D eigenvalue weighted by molar-refractivity contribution is 8.18. The van der Waals surface area contributed by atoms with Gasteiger partial charge < -0.3 is 4.74 Å². The van der Waals surface area contributed by atoms with Crippen LogP contribution in [0.1, 0.15) is 11.1 Å². The number of amides is 2. The van der Waals surface area contributed by atoms with E-state index in [2.05, 4.69) is 4.74 Å². The highest BCUT2D eigenvalue weighted by Crippen LogP contribution is 2.32. The van der Waals surface area contributed by atoms with Crippen LogP contribution in [0.15, 0.2) is 29.2 Å². The summed E-state index contributed by atoms with van der Waals surface area (Å²) in [4.78, 5) is 36.1. The zero-order valence-electron chi connectivity index (χ0n) is 11.1. The largest absolute Gasteiger partial charge is 0.468 e. The van der Waals surface area contributed by atoms with Crippen molar-refractivity contribution < 1.29 is 19.1 Å². The lowest BCUT2D eigenvalue weighted by Gasteiger charge is -2.09. The minimum absolute atomic E-state index is 0.308. The number of carbonyl (C=O) groups is 3. The number of carbonyl (C=O) groups excluding carboxylic acids is 3. The molecule has 20 heavy (non-hydrogen) atoms. The van der Waals surface area contributed by atoms with Crippen LogP contribution in [-0.4, -0.2) is 35.7 Å². The molecule has 6 heteroatoms. The Morgan fingerprint density at radius 3 is 2.55 bits per heavy atom. The van der Waals surface area contributed by atoms with Crippen molar-refractivity contribution in [3.63, 3.8) is 0 Å². The number of hydrogen-bond acceptors (Lipinski definition) is 5. The van der Waals surface area contributed by atoms with Gasteiger partial charge in [0.05, 0.1) is 12.0 Å². The van der Waals surface area contributed by atoms with E-state index in [4.69, 9.17) is 0 Å². The van der Waals surface area contributed by atoms with Crippen molar-refractivity contribution in [3.8, 4) is 0 Å². The normalized spacial score (nSPS) is 16.9. The number of esters is 1. The first-order valence-electron chi connectivity index (χ1n) is 5.90. The number of ether oxygens (including phenoxy) is 1. The van der Waals surface area contributed by atoms with E-state index in [0.717, 1.165) is 27.8 Å². The van der Waals surface area contributed by atoms with E-state index in [1.807, 2.05) is 31.2 Å². The topological polar surface area (TPSA) is 63.7 Å². The number of nitrogens with zero attached hydrogens (tertiary/aromatic N) is 1. The first-order valence-corrected chi connectivity index (χ1v) is 6.72. The molecule has 0 N–H and O–H groups in total. The molecule has 2 amide bonds. The summed E-state index contributed by atoms with van der Waals surface area (Å²) in [5.74, 6) is -1.09. The van der Waals surface area contributed by atoms with Gasteiger partial charge in [-0.3, -0.25) is 19.3 Å². The number of thioether (sulfide) groups is 1. The zero-order valence-corrected chi connectivity index (χ0v) is 11.9. The lowest BCUT2D eigenvalue weighted by atomic mass is 10.1. The van der Waals surface area contributed by atoms with E-state index < -0.39 is 17.1 Å². The smallest absolute Gasteiger partial charge is 0.325 e. The van der Waals surface area contributed by atoms with E-state index >= 15 is 0 Å². The minimum atomic E-state index is -0.621. The molecule has 1 aromatic rings. The van der Waals surface area contributed by atoms with Crippen molar-refractivity contribution in [2.24, 2.45) is 0 Å². The van der Waals surface area contributed by atoms with Gasteiger partial charge >= 0.3 is 5.97 Å². The van der Waals surface area contributed by atoms with Gasteiger partial charge in [0, 0.05) is 0 Å². The second kappa shape index (κ2) is 5.92. The minimum Gasteiger partial charge on any atom is -0.468 e. The Bertz CT molecular complexity index is 592. The van der Waals surface area contributed by atoms with E-state index in [9.17, 15) is 14.4 Å². The van der Waals surface area contributed by atoms with Gasteiger partial charge in [-0.1, -0.05) is 29.8 Å². The molecule has 5 nitrogen and oxygen atoms in total. The molecule has 1 aliphatic rings. The van der Waals surface area contributed by atoms with E-state index in [1.165, 1.54) is 7.11 Å². The Balaban J connectivity index is 2.19. The lowest BCUT2D eigenvalue weighted by Crippen LogP contribution is -2.34. The Morgan fingerprint density at radius 1 is 1.30 bits per heavy atom. The summed E-state index contributed by atoms with van der Waals surface area (Å²) in [5.41, 5.74) is 1.94. The van der Waals surface area contributed by atoms with E-state index in [-0.39, 0.29) is 6.54 Å². The summed E-state index contributed by atoms with van der Waals surface area (Å²) < 4.78 is 4.46. The molecule has 0 radical (unpaired) electrons. The molecule has 0 unspecified atom stereocenters. The monoisotopic (exact) mass is 291 g/mol. The second-order valence-electron chi connectivity index (χ2n) is 4.25. The Morgan fingerprint density at radius 2 is 1.95 bits per heavy atom. The average Bonchev–Trinajstić information content (AvgIpc) is 2.69. The van der Waals surface area contributed by atoms with Gasteiger partial charge in [0.2, 0.25) is 0 Å². The van der Waals surface area contributed by atoms with Crippen molar-refractivity contribution in [2.45, 2.75) is 6.92 Å². The molecule has 0 atom stereocenters. The third kappa shape index (κ3) is 3.08. The van der Waals surface area contributed by atoms with Crippen LogP contribution in [0.2, 0.25) is 0 Å². The zero-order chi connectivity index (χ0) is 14.7. The molecule has 0 aliphatic carbocycles. The lowest BCUT2D eigenvalue weighted by molar-refractivity contribution is -0.143. The van der Waals surface area contributed by atoms with Crippen molar-refractivity contribution in [3.05, 3.63) is 40.3 Å². The third-order valence-electron chi connectivity index (χ3n) is 2.76. The summed E-state index contributed by atoms with van der Waals surface area (Å²) in [6.07, 6.45) is 1.64. The average molecular weight is 291 g/mol. The quantitative estimate of drug-likeness (QED) is 0.631. The summed E-state index contributed by atoms with van der Waals surface area (Å²) >= 11 is 0.824. The summed E-state index contributed by atoms with van der Waals surface area (Å²) in [7, 11) is 1.21. The van der Waals surface area contributed by atoms with Gasteiger partial charge in [0.15, 0.2) is 0 Å². The fourth-order valence-electron chi connectivity index (χ4n) is 1.64. The summed E-state index contributed by atoms with van der Waals surface area (Å²) in [6.45, 7) is 1.61. The Hall–Kier alpha value is -2.08. The number of imide groups is 1. The van der Waals surface area contributed by atoms with Gasteiger partial charge in [-0.05, 0) is 30.3 Å². The second-order valence-corrected chi connectivity index (χ2v) is 5.25. The molecule has 1 saturated heterocycles. The summed E-state index contributed by atoms with van der Waals surface area (Å²) in [6, 6.07) is 7.57. The van der Waals surface area contributed by atoms with Crippen LogP contribution in [0.4, 0.5) is 4.79 Å². The first kappa shape index (κ1) is 14.3. The Kier molecular flexibility index (Phi) is 4.24. The SMILES string of the molecule is COC(=O)CN1C(=O)SC(=Cc2ccc(C)cc2)C1=O. The molecule has 1 aliphatic heterocycles. The molecule has 1 fully saturated rings. The number of benzene rings is 1. The maximum absolute atomic E-state index is 12.0. The van der Waals surface area contributed by atoms with Gasteiger partial charge in [-0.25, -0.2) is 0 Å². The van der Waals surface area contributed by atoms with Crippen LogP contribution >= 0.6 is 11.8 Å². The highest BCUT2D eigenvalue weighted by atomic mass is 32.2. The van der Waals surface area contributed by atoms with Crippen LogP contribution in [0.5, 0.6) is 0 Å².